The van der Waals surface area contributed by atoms with Crippen LogP contribution in [-0.4, -0.2) is 57.9 Å². The van der Waals surface area contributed by atoms with Crippen LogP contribution in [0.25, 0.3) is 0 Å². The minimum atomic E-state index is 0.0468. The van der Waals surface area contributed by atoms with Gasteiger partial charge >= 0.3 is 0 Å². The molecule has 0 bridgehead atoms. The average molecular weight is 306 g/mol. The number of pyridine rings is 1. The van der Waals surface area contributed by atoms with E-state index < -0.39 is 0 Å². The van der Waals surface area contributed by atoms with Gasteiger partial charge in [0.15, 0.2) is 0 Å². The van der Waals surface area contributed by atoms with Crippen LogP contribution in [0, 0.1) is 6.92 Å². The van der Waals surface area contributed by atoms with Gasteiger partial charge < -0.3 is 10.6 Å². The Bertz CT molecular complexity index is 509. The van der Waals surface area contributed by atoms with Crippen molar-refractivity contribution >= 4 is 23.1 Å². The Balaban J connectivity index is 1.96. The highest BCUT2D eigenvalue weighted by Crippen LogP contribution is 2.12. The minimum absolute atomic E-state index is 0.0468. The van der Waals surface area contributed by atoms with Crippen LogP contribution >= 0.6 is 12.2 Å². The lowest BCUT2D eigenvalue weighted by Gasteiger charge is -2.38. The molecular formula is C15H22N4OS. The lowest BCUT2D eigenvalue weighted by atomic mass is 10.1. The first kappa shape index (κ1) is 15.9. The average Bonchev–Trinajstić information content (AvgIpc) is 2.48. The van der Waals surface area contributed by atoms with Gasteiger partial charge in [0.2, 0.25) is 0 Å². The largest absolute Gasteiger partial charge is 0.392 e. The first-order valence-electron chi connectivity index (χ1n) is 7.28. The number of aromatic nitrogens is 1. The molecule has 1 atom stereocenters. The number of carbonyl (C=O) groups excluding carboxylic acids is 1. The first-order chi connectivity index (χ1) is 10.0. The van der Waals surface area contributed by atoms with Crippen LogP contribution in [0.2, 0.25) is 0 Å². The van der Waals surface area contributed by atoms with Gasteiger partial charge in [0.05, 0.1) is 16.6 Å². The van der Waals surface area contributed by atoms with E-state index >= 15 is 0 Å². The standard InChI is InChI=1S/C15H22N4OS/c1-3-13(14(16)21)18-6-8-19(9-7-18)15(20)12-5-4-11(2)17-10-12/h4-5,10,13H,3,6-9H2,1-2H3,(H2,16,21). The van der Waals surface area contributed by atoms with Crippen LogP contribution in [0.4, 0.5) is 0 Å². The zero-order chi connectivity index (χ0) is 15.4. The molecule has 1 fully saturated rings. The van der Waals surface area contributed by atoms with Crippen molar-refractivity contribution in [3.63, 3.8) is 0 Å². The summed E-state index contributed by atoms with van der Waals surface area (Å²) in [6.45, 7) is 7.01. The highest BCUT2D eigenvalue weighted by atomic mass is 32.1. The number of rotatable bonds is 4. The number of carbonyl (C=O) groups is 1. The maximum atomic E-state index is 12.4. The van der Waals surface area contributed by atoms with Crippen molar-refractivity contribution in [2.75, 3.05) is 26.2 Å². The van der Waals surface area contributed by atoms with Crippen LogP contribution < -0.4 is 5.73 Å². The van der Waals surface area contributed by atoms with Gasteiger partial charge in [-0.25, -0.2) is 0 Å². The first-order valence-corrected chi connectivity index (χ1v) is 7.69. The summed E-state index contributed by atoms with van der Waals surface area (Å²) in [6.07, 6.45) is 2.55. The SMILES string of the molecule is CCC(C(N)=S)N1CCN(C(=O)c2ccc(C)nc2)CC1. The van der Waals surface area contributed by atoms with Gasteiger partial charge in [0.25, 0.3) is 5.91 Å². The summed E-state index contributed by atoms with van der Waals surface area (Å²) in [4.78, 5) is 21.3. The maximum absolute atomic E-state index is 12.4. The van der Waals surface area contributed by atoms with Gasteiger partial charge in [0, 0.05) is 38.1 Å². The number of nitrogens with zero attached hydrogens (tertiary/aromatic N) is 3. The molecule has 1 unspecified atom stereocenters. The number of thiocarbonyl (C=S) groups is 1. The molecule has 2 N–H and O–H groups in total. The van der Waals surface area contributed by atoms with Crippen molar-refractivity contribution in [2.24, 2.45) is 5.73 Å². The predicted octanol–water partition coefficient (Wildman–Crippen LogP) is 1.21. The summed E-state index contributed by atoms with van der Waals surface area (Å²) in [7, 11) is 0. The van der Waals surface area contributed by atoms with E-state index in [-0.39, 0.29) is 11.9 Å². The third kappa shape index (κ3) is 3.77. The molecule has 0 aromatic carbocycles. The highest BCUT2D eigenvalue weighted by molar-refractivity contribution is 7.80. The summed E-state index contributed by atoms with van der Waals surface area (Å²) in [5.41, 5.74) is 7.34. The Hall–Kier alpha value is -1.53. The van der Waals surface area contributed by atoms with Crippen molar-refractivity contribution in [3.05, 3.63) is 29.6 Å². The highest BCUT2D eigenvalue weighted by Gasteiger charge is 2.27. The van der Waals surface area contributed by atoms with Crippen LogP contribution in [0.3, 0.4) is 0 Å². The summed E-state index contributed by atoms with van der Waals surface area (Å²) in [5, 5.41) is 0. The molecule has 1 aliphatic rings. The molecule has 1 amide bonds. The van der Waals surface area contributed by atoms with Crippen molar-refractivity contribution < 1.29 is 4.79 Å². The second kappa shape index (κ2) is 6.95. The molecule has 0 spiro atoms. The molecule has 1 aliphatic heterocycles. The normalized spacial score (nSPS) is 17.5. The van der Waals surface area contributed by atoms with E-state index in [2.05, 4.69) is 16.8 Å². The van der Waals surface area contributed by atoms with E-state index in [1.54, 1.807) is 6.20 Å². The van der Waals surface area contributed by atoms with Gasteiger partial charge in [-0.3, -0.25) is 14.7 Å². The van der Waals surface area contributed by atoms with Gasteiger partial charge in [0.1, 0.15) is 0 Å². The van der Waals surface area contributed by atoms with E-state index in [1.807, 2.05) is 24.0 Å². The molecule has 2 heterocycles. The number of hydrogen-bond donors (Lipinski definition) is 1. The topological polar surface area (TPSA) is 62.5 Å². The van der Waals surface area contributed by atoms with Crippen molar-refractivity contribution in [2.45, 2.75) is 26.3 Å². The number of nitrogens with two attached hydrogens (primary N) is 1. The van der Waals surface area contributed by atoms with E-state index in [9.17, 15) is 4.79 Å². The predicted molar refractivity (Wildman–Crippen MR) is 87.3 cm³/mol. The van der Waals surface area contributed by atoms with Gasteiger partial charge in [-0.15, -0.1) is 0 Å². The molecule has 0 aliphatic carbocycles. The molecule has 114 valence electrons. The molecule has 0 saturated carbocycles. The molecule has 1 aromatic heterocycles. The van der Waals surface area contributed by atoms with Crippen molar-refractivity contribution in [1.29, 1.82) is 0 Å². The van der Waals surface area contributed by atoms with E-state index in [1.165, 1.54) is 0 Å². The number of amides is 1. The van der Waals surface area contributed by atoms with E-state index in [4.69, 9.17) is 18.0 Å². The summed E-state index contributed by atoms with van der Waals surface area (Å²) >= 11 is 5.11. The zero-order valence-corrected chi connectivity index (χ0v) is 13.4. The van der Waals surface area contributed by atoms with Crippen LogP contribution in [0.15, 0.2) is 18.3 Å². The smallest absolute Gasteiger partial charge is 0.255 e. The van der Waals surface area contributed by atoms with Crippen LogP contribution in [0.5, 0.6) is 0 Å². The van der Waals surface area contributed by atoms with E-state index in [0.717, 1.165) is 25.2 Å². The molecule has 2 rings (SSSR count). The zero-order valence-electron chi connectivity index (χ0n) is 12.6. The fraction of sp³-hybridized carbons (Fsp3) is 0.533. The van der Waals surface area contributed by atoms with Crippen molar-refractivity contribution in [1.82, 2.24) is 14.8 Å². The fourth-order valence-corrected chi connectivity index (χ4v) is 2.97. The Morgan fingerprint density at radius 3 is 2.52 bits per heavy atom. The molecule has 0 radical (unpaired) electrons. The van der Waals surface area contributed by atoms with Crippen LogP contribution in [0.1, 0.15) is 29.4 Å². The van der Waals surface area contributed by atoms with Crippen LogP contribution in [-0.2, 0) is 0 Å². The molecule has 21 heavy (non-hydrogen) atoms. The van der Waals surface area contributed by atoms with Gasteiger partial charge in [-0.1, -0.05) is 19.1 Å². The third-order valence-electron chi connectivity index (χ3n) is 3.92. The molecule has 1 aromatic rings. The summed E-state index contributed by atoms with van der Waals surface area (Å²) in [5.74, 6) is 0.0468. The van der Waals surface area contributed by atoms with Gasteiger partial charge in [-0.2, -0.15) is 0 Å². The maximum Gasteiger partial charge on any atom is 0.255 e. The number of piperazine rings is 1. The Kier molecular flexibility index (Phi) is 5.25. The second-order valence-corrected chi connectivity index (χ2v) is 5.81. The van der Waals surface area contributed by atoms with E-state index in [0.29, 0.717) is 23.6 Å². The fourth-order valence-electron chi connectivity index (χ4n) is 2.65. The Morgan fingerprint density at radius 1 is 1.38 bits per heavy atom. The lowest BCUT2D eigenvalue weighted by Crippen LogP contribution is -2.54. The summed E-state index contributed by atoms with van der Waals surface area (Å²) < 4.78 is 0. The number of aryl methyl sites for hydroxylation is 1. The lowest BCUT2D eigenvalue weighted by molar-refractivity contribution is 0.0611. The minimum Gasteiger partial charge on any atom is -0.392 e. The summed E-state index contributed by atoms with van der Waals surface area (Å²) in [6, 6.07) is 3.84. The molecule has 1 saturated heterocycles. The monoisotopic (exact) mass is 306 g/mol. The quantitative estimate of drug-likeness (QED) is 0.847. The number of hydrogen-bond acceptors (Lipinski definition) is 4. The van der Waals surface area contributed by atoms with Crippen molar-refractivity contribution in [3.8, 4) is 0 Å². The molecule has 6 heteroatoms. The Labute approximate surface area is 131 Å². The molecule has 5 nitrogen and oxygen atoms in total. The Morgan fingerprint density at radius 2 is 2.05 bits per heavy atom. The molecular weight excluding hydrogens is 284 g/mol. The van der Waals surface area contributed by atoms with Gasteiger partial charge in [-0.05, 0) is 25.5 Å². The third-order valence-corrected chi connectivity index (χ3v) is 4.19. The second-order valence-electron chi connectivity index (χ2n) is 5.34.